The van der Waals surface area contributed by atoms with Crippen LogP contribution in [0.3, 0.4) is 0 Å². The van der Waals surface area contributed by atoms with Crippen molar-refractivity contribution in [3.8, 4) is 0 Å². The first-order valence-electron chi connectivity index (χ1n) is 11.7. The van der Waals surface area contributed by atoms with E-state index in [1.165, 1.54) is 4.90 Å². The van der Waals surface area contributed by atoms with E-state index in [2.05, 4.69) is 5.32 Å². The number of carbonyl (C=O) groups excluding carboxylic acids is 2. The second-order valence-electron chi connectivity index (χ2n) is 8.65. The Hall–Kier alpha value is -2.87. The first kappa shape index (κ1) is 27.4. The molecule has 1 N–H and O–H groups in total. The standard InChI is InChI=1S/C26H37N3O4S/c1-7-16-27-26(31)23(8-2)28(17-22-14-10-9-12-20(22)4)25(30)18-29(34(6,32)33)24-15-11-13-19(3)21(24)5/h9-15,23H,7-8,16-18H2,1-6H3,(H,27,31). The number of rotatable bonds is 11. The molecular weight excluding hydrogens is 450 g/mol. The van der Waals surface area contributed by atoms with Crippen LogP contribution in [0.1, 0.15) is 48.9 Å². The third-order valence-electron chi connectivity index (χ3n) is 6.06. The lowest BCUT2D eigenvalue weighted by atomic mass is 10.1. The highest BCUT2D eigenvalue weighted by atomic mass is 32.2. The van der Waals surface area contributed by atoms with Gasteiger partial charge < -0.3 is 10.2 Å². The van der Waals surface area contributed by atoms with Crippen LogP contribution in [0.2, 0.25) is 0 Å². The summed E-state index contributed by atoms with van der Waals surface area (Å²) < 4.78 is 26.7. The molecule has 0 spiro atoms. The molecule has 34 heavy (non-hydrogen) atoms. The molecule has 7 nitrogen and oxygen atoms in total. The maximum Gasteiger partial charge on any atom is 0.244 e. The zero-order chi connectivity index (χ0) is 25.5. The Morgan fingerprint density at radius 3 is 2.21 bits per heavy atom. The van der Waals surface area contributed by atoms with Gasteiger partial charge in [0, 0.05) is 13.1 Å². The lowest BCUT2D eigenvalue weighted by Crippen LogP contribution is -2.52. The van der Waals surface area contributed by atoms with Crippen molar-refractivity contribution in [2.45, 2.75) is 60.0 Å². The fourth-order valence-electron chi connectivity index (χ4n) is 3.86. The van der Waals surface area contributed by atoms with E-state index in [0.29, 0.717) is 18.7 Å². The third-order valence-corrected chi connectivity index (χ3v) is 7.19. The van der Waals surface area contributed by atoms with E-state index in [1.807, 2.05) is 65.0 Å². The Kier molecular flexibility index (Phi) is 9.67. The van der Waals surface area contributed by atoms with Crippen molar-refractivity contribution < 1.29 is 18.0 Å². The fourth-order valence-corrected chi connectivity index (χ4v) is 4.76. The first-order chi connectivity index (χ1) is 16.0. The quantitative estimate of drug-likeness (QED) is 0.523. The zero-order valence-electron chi connectivity index (χ0n) is 21.1. The van der Waals surface area contributed by atoms with Gasteiger partial charge in [0.15, 0.2) is 0 Å². The summed E-state index contributed by atoms with van der Waals surface area (Å²) in [4.78, 5) is 28.2. The van der Waals surface area contributed by atoms with Crippen molar-refractivity contribution in [1.82, 2.24) is 10.2 Å². The van der Waals surface area contributed by atoms with Crippen molar-refractivity contribution in [1.29, 1.82) is 0 Å². The SMILES string of the molecule is CCCNC(=O)C(CC)N(Cc1ccccc1C)C(=O)CN(c1cccc(C)c1C)S(C)(=O)=O. The molecule has 0 saturated carbocycles. The van der Waals surface area contributed by atoms with Gasteiger partial charge >= 0.3 is 0 Å². The summed E-state index contributed by atoms with van der Waals surface area (Å²) in [5.74, 6) is -0.656. The van der Waals surface area contributed by atoms with Gasteiger partial charge in [0.05, 0.1) is 11.9 Å². The average molecular weight is 488 g/mol. The Balaban J connectivity index is 2.48. The van der Waals surface area contributed by atoms with Gasteiger partial charge in [-0.25, -0.2) is 8.42 Å². The van der Waals surface area contributed by atoms with E-state index in [1.54, 1.807) is 12.1 Å². The Morgan fingerprint density at radius 2 is 1.62 bits per heavy atom. The van der Waals surface area contributed by atoms with Crippen molar-refractivity contribution in [3.63, 3.8) is 0 Å². The molecule has 0 fully saturated rings. The molecule has 1 atom stereocenters. The van der Waals surface area contributed by atoms with E-state index >= 15 is 0 Å². The van der Waals surface area contributed by atoms with Crippen LogP contribution in [-0.4, -0.2) is 50.5 Å². The molecule has 0 aliphatic heterocycles. The molecule has 0 aliphatic rings. The zero-order valence-corrected chi connectivity index (χ0v) is 21.9. The average Bonchev–Trinajstić information content (AvgIpc) is 2.78. The Bertz CT molecular complexity index is 1110. The maximum atomic E-state index is 13.7. The number of sulfonamides is 1. The minimum Gasteiger partial charge on any atom is -0.354 e. The third kappa shape index (κ3) is 6.82. The number of aryl methyl sites for hydroxylation is 2. The van der Waals surface area contributed by atoms with Crippen molar-refractivity contribution in [3.05, 3.63) is 64.7 Å². The van der Waals surface area contributed by atoms with Crippen LogP contribution in [0.4, 0.5) is 5.69 Å². The molecule has 0 heterocycles. The topological polar surface area (TPSA) is 86.8 Å². The number of benzene rings is 2. The highest BCUT2D eigenvalue weighted by Gasteiger charge is 2.32. The summed E-state index contributed by atoms with van der Waals surface area (Å²) in [5.41, 5.74) is 4.10. The lowest BCUT2D eigenvalue weighted by Gasteiger charge is -2.33. The van der Waals surface area contributed by atoms with Gasteiger partial charge in [0.1, 0.15) is 12.6 Å². The molecule has 2 amide bonds. The number of nitrogens with zero attached hydrogens (tertiary/aromatic N) is 2. The minimum absolute atomic E-state index is 0.216. The van der Waals surface area contributed by atoms with Crippen LogP contribution < -0.4 is 9.62 Å². The van der Waals surface area contributed by atoms with Crippen molar-refractivity contribution in [2.75, 3.05) is 23.7 Å². The predicted molar refractivity (Wildman–Crippen MR) is 137 cm³/mol. The van der Waals surface area contributed by atoms with E-state index in [4.69, 9.17) is 0 Å². The van der Waals surface area contributed by atoms with E-state index in [-0.39, 0.29) is 19.0 Å². The summed E-state index contributed by atoms with van der Waals surface area (Å²) in [6.07, 6.45) is 2.29. The monoisotopic (exact) mass is 487 g/mol. The molecule has 2 rings (SSSR count). The van der Waals surface area contributed by atoms with Gasteiger partial charge in [-0.2, -0.15) is 0 Å². The number of amides is 2. The van der Waals surface area contributed by atoms with Crippen LogP contribution in [-0.2, 0) is 26.2 Å². The van der Waals surface area contributed by atoms with Gasteiger partial charge in [0.25, 0.3) is 0 Å². The molecule has 0 aliphatic carbocycles. The molecule has 2 aromatic rings. The van der Waals surface area contributed by atoms with Crippen LogP contribution in [0.5, 0.6) is 0 Å². The van der Waals surface area contributed by atoms with Gasteiger partial charge in [-0.3, -0.25) is 13.9 Å². The van der Waals surface area contributed by atoms with Crippen LogP contribution >= 0.6 is 0 Å². The van der Waals surface area contributed by atoms with E-state index < -0.39 is 22.0 Å². The van der Waals surface area contributed by atoms with Crippen molar-refractivity contribution >= 4 is 27.5 Å². The summed E-state index contributed by atoms with van der Waals surface area (Å²) in [6, 6.07) is 12.4. The predicted octanol–water partition coefficient (Wildman–Crippen LogP) is 3.71. The Labute approximate surface area is 204 Å². The number of anilines is 1. The van der Waals surface area contributed by atoms with Crippen LogP contribution in [0.15, 0.2) is 42.5 Å². The highest BCUT2D eigenvalue weighted by Crippen LogP contribution is 2.26. The molecule has 8 heteroatoms. The highest BCUT2D eigenvalue weighted by molar-refractivity contribution is 7.92. The molecule has 0 bridgehead atoms. The molecule has 2 aromatic carbocycles. The molecular formula is C26H37N3O4S. The number of hydrogen-bond acceptors (Lipinski definition) is 4. The smallest absolute Gasteiger partial charge is 0.244 e. The number of nitrogens with one attached hydrogen (secondary N) is 1. The normalized spacial score (nSPS) is 12.2. The summed E-state index contributed by atoms with van der Waals surface area (Å²) >= 11 is 0. The van der Waals surface area contributed by atoms with Crippen LogP contribution in [0, 0.1) is 20.8 Å². The van der Waals surface area contributed by atoms with E-state index in [9.17, 15) is 18.0 Å². The first-order valence-corrected chi connectivity index (χ1v) is 13.5. The molecule has 1 unspecified atom stereocenters. The number of hydrogen-bond donors (Lipinski definition) is 1. The second kappa shape index (κ2) is 12.0. The van der Waals surface area contributed by atoms with E-state index in [0.717, 1.165) is 39.2 Å². The lowest BCUT2D eigenvalue weighted by molar-refractivity contribution is -0.140. The molecule has 0 radical (unpaired) electrons. The molecule has 0 saturated heterocycles. The van der Waals surface area contributed by atoms with Gasteiger partial charge in [-0.05, 0) is 61.9 Å². The largest absolute Gasteiger partial charge is 0.354 e. The summed E-state index contributed by atoms with van der Waals surface area (Å²) in [6.45, 7) is 9.86. The van der Waals surface area contributed by atoms with Gasteiger partial charge in [0.2, 0.25) is 21.8 Å². The van der Waals surface area contributed by atoms with Crippen molar-refractivity contribution in [2.24, 2.45) is 0 Å². The summed E-state index contributed by atoms with van der Waals surface area (Å²) in [5, 5.41) is 2.89. The van der Waals surface area contributed by atoms with Gasteiger partial charge in [-0.15, -0.1) is 0 Å². The van der Waals surface area contributed by atoms with Gasteiger partial charge in [-0.1, -0.05) is 50.2 Å². The minimum atomic E-state index is -3.75. The summed E-state index contributed by atoms with van der Waals surface area (Å²) in [7, 11) is -3.75. The fraction of sp³-hybridized carbons (Fsp3) is 0.462. The molecule has 0 aromatic heterocycles. The number of carbonyl (C=O) groups is 2. The maximum absolute atomic E-state index is 13.7. The molecule has 186 valence electrons. The second-order valence-corrected chi connectivity index (χ2v) is 10.6. The van der Waals surface area contributed by atoms with Crippen LogP contribution in [0.25, 0.3) is 0 Å². The Morgan fingerprint density at radius 1 is 0.971 bits per heavy atom.